The Balaban J connectivity index is 1.61. The summed E-state index contributed by atoms with van der Waals surface area (Å²) in [5.74, 6) is 1.61. The summed E-state index contributed by atoms with van der Waals surface area (Å²) in [6.07, 6.45) is 0. The fourth-order valence-electron chi connectivity index (χ4n) is 3.99. The first kappa shape index (κ1) is 20.8. The third kappa shape index (κ3) is 3.68. The van der Waals surface area contributed by atoms with Gasteiger partial charge in [-0.25, -0.2) is 8.42 Å². The number of morpholine rings is 1. The van der Waals surface area contributed by atoms with E-state index in [2.05, 4.69) is 4.90 Å². The van der Waals surface area contributed by atoms with Gasteiger partial charge in [-0.1, -0.05) is 12.1 Å². The van der Waals surface area contributed by atoms with E-state index in [1.807, 2.05) is 31.3 Å². The molecule has 162 valence electrons. The number of sulfonamides is 1. The maximum absolute atomic E-state index is 13.4. The third-order valence-corrected chi connectivity index (χ3v) is 7.34. The third-order valence-electron chi connectivity index (χ3n) is 5.50. The highest BCUT2D eigenvalue weighted by molar-refractivity contribution is 7.89. The zero-order chi connectivity index (χ0) is 21.4. The second-order valence-electron chi connectivity index (χ2n) is 7.50. The summed E-state index contributed by atoms with van der Waals surface area (Å²) in [5, 5.41) is 0. The average molecular weight is 435 g/mol. The topological polar surface area (TPSA) is 77.5 Å². The second kappa shape index (κ2) is 7.98. The lowest BCUT2D eigenvalue weighted by Crippen LogP contribution is -2.60. The highest BCUT2D eigenvalue weighted by Crippen LogP contribution is 2.36. The summed E-state index contributed by atoms with van der Waals surface area (Å²) < 4.78 is 50.9. The van der Waals surface area contributed by atoms with E-state index < -0.39 is 15.6 Å². The number of ether oxygens (including phenoxy) is 4. The monoisotopic (exact) mass is 434 g/mol. The number of benzene rings is 2. The van der Waals surface area contributed by atoms with Crippen molar-refractivity contribution in [2.45, 2.75) is 10.5 Å². The van der Waals surface area contributed by atoms with Crippen molar-refractivity contribution in [1.82, 2.24) is 4.31 Å². The fourth-order valence-corrected chi connectivity index (χ4v) is 5.51. The van der Waals surface area contributed by atoms with Gasteiger partial charge in [-0.3, -0.25) is 0 Å². The quantitative estimate of drug-likeness (QED) is 0.728. The number of para-hydroxylation sites is 2. The number of hydrogen-bond acceptors (Lipinski definition) is 7. The minimum Gasteiger partial charge on any atom is -0.493 e. The highest BCUT2D eigenvalue weighted by Gasteiger charge is 2.44. The molecule has 0 saturated carbocycles. The van der Waals surface area contributed by atoms with Gasteiger partial charge in [0, 0.05) is 26.2 Å². The highest BCUT2D eigenvalue weighted by atomic mass is 32.2. The summed E-state index contributed by atoms with van der Waals surface area (Å²) in [7, 11) is 1.20. The number of hydrogen-bond donors (Lipinski definition) is 0. The molecule has 8 nitrogen and oxygen atoms in total. The normalized spacial score (nSPS) is 22.2. The van der Waals surface area contributed by atoms with E-state index in [9.17, 15) is 8.42 Å². The van der Waals surface area contributed by atoms with Crippen LogP contribution in [0, 0.1) is 0 Å². The standard InChI is InChI=1S/C21H26N2O6S/c1-22-13-21(15-28-18-7-5-4-6-17(18)22)14-23(10-11-29-21)30(24,25)16-8-9-19(26-2)20(12-16)27-3/h4-9,12H,10-11,13-15H2,1-3H3. The average Bonchev–Trinajstić information content (AvgIpc) is 2.90. The van der Waals surface area contributed by atoms with Crippen molar-refractivity contribution in [2.75, 3.05) is 59.0 Å². The molecular weight excluding hydrogens is 408 g/mol. The van der Waals surface area contributed by atoms with Crippen LogP contribution in [-0.2, 0) is 14.8 Å². The van der Waals surface area contributed by atoms with E-state index in [0.717, 1.165) is 11.4 Å². The molecule has 0 amide bonds. The van der Waals surface area contributed by atoms with Gasteiger partial charge >= 0.3 is 0 Å². The van der Waals surface area contributed by atoms with Gasteiger partial charge in [-0.15, -0.1) is 0 Å². The lowest BCUT2D eigenvalue weighted by Gasteiger charge is -2.42. The van der Waals surface area contributed by atoms with E-state index in [4.69, 9.17) is 18.9 Å². The molecule has 1 atom stereocenters. The van der Waals surface area contributed by atoms with Gasteiger partial charge in [-0.2, -0.15) is 4.31 Å². The number of rotatable bonds is 4. The minimum atomic E-state index is -3.75. The first-order valence-electron chi connectivity index (χ1n) is 9.68. The summed E-state index contributed by atoms with van der Waals surface area (Å²) in [5.41, 5.74) is 0.188. The van der Waals surface area contributed by atoms with Gasteiger partial charge in [0.15, 0.2) is 11.5 Å². The molecule has 2 aliphatic rings. The summed E-state index contributed by atoms with van der Waals surface area (Å²) in [6.45, 7) is 1.55. The molecule has 2 aromatic rings. The number of methoxy groups -OCH3 is 2. The number of nitrogens with zero attached hydrogens (tertiary/aromatic N) is 2. The van der Waals surface area contributed by atoms with Crippen LogP contribution in [0.1, 0.15) is 0 Å². The van der Waals surface area contributed by atoms with Crippen LogP contribution in [-0.4, -0.2) is 72.4 Å². The van der Waals surface area contributed by atoms with E-state index in [0.29, 0.717) is 24.7 Å². The maximum Gasteiger partial charge on any atom is 0.243 e. The Hall–Kier alpha value is -2.49. The van der Waals surface area contributed by atoms with Crippen LogP contribution in [0.15, 0.2) is 47.4 Å². The van der Waals surface area contributed by atoms with Crippen molar-refractivity contribution < 1.29 is 27.4 Å². The molecule has 30 heavy (non-hydrogen) atoms. The van der Waals surface area contributed by atoms with Gasteiger partial charge in [0.25, 0.3) is 0 Å². The number of anilines is 1. The van der Waals surface area contributed by atoms with Crippen molar-refractivity contribution in [3.05, 3.63) is 42.5 Å². The Morgan fingerprint density at radius 2 is 1.80 bits per heavy atom. The molecule has 9 heteroatoms. The first-order valence-corrected chi connectivity index (χ1v) is 11.1. The Bertz CT molecular complexity index is 1030. The van der Waals surface area contributed by atoms with E-state index in [-0.39, 0.29) is 24.6 Å². The summed E-state index contributed by atoms with van der Waals surface area (Å²) in [4.78, 5) is 2.21. The molecule has 1 unspecified atom stereocenters. The maximum atomic E-state index is 13.4. The molecule has 0 radical (unpaired) electrons. The molecule has 2 aliphatic heterocycles. The smallest absolute Gasteiger partial charge is 0.243 e. The Morgan fingerprint density at radius 1 is 1.03 bits per heavy atom. The fraction of sp³-hybridized carbons (Fsp3) is 0.429. The molecule has 0 aliphatic carbocycles. The molecule has 0 N–H and O–H groups in total. The lowest BCUT2D eigenvalue weighted by atomic mass is 10.0. The van der Waals surface area contributed by atoms with Gasteiger partial charge in [0.05, 0.1) is 38.0 Å². The SMILES string of the molecule is COc1ccc(S(=O)(=O)N2CCOC3(COc4ccccc4N(C)C3)C2)cc1OC. The van der Waals surface area contributed by atoms with Crippen LogP contribution < -0.4 is 19.1 Å². The second-order valence-corrected chi connectivity index (χ2v) is 9.44. The van der Waals surface area contributed by atoms with Crippen molar-refractivity contribution in [3.63, 3.8) is 0 Å². The molecule has 0 bridgehead atoms. The Labute approximate surface area is 176 Å². The molecular formula is C21H26N2O6S. The van der Waals surface area contributed by atoms with Gasteiger partial charge in [-0.05, 0) is 24.3 Å². The van der Waals surface area contributed by atoms with E-state index in [1.54, 1.807) is 6.07 Å². The van der Waals surface area contributed by atoms with Gasteiger partial charge in [0.2, 0.25) is 10.0 Å². The van der Waals surface area contributed by atoms with Crippen molar-refractivity contribution in [2.24, 2.45) is 0 Å². The molecule has 2 aromatic carbocycles. The predicted octanol–water partition coefficient (Wildman–Crippen LogP) is 1.99. The lowest BCUT2D eigenvalue weighted by molar-refractivity contribution is -0.102. The Morgan fingerprint density at radius 3 is 2.57 bits per heavy atom. The van der Waals surface area contributed by atoms with Crippen LogP contribution in [0.25, 0.3) is 0 Å². The van der Waals surface area contributed by atoms with Crippen LogP contribution in [0.3, 0.4) is 0 Å². The zero-order valence-corrected chi connectivity index (χ0v) is 18.1. The van der Waals surface area contributed by atoms with Crippen LogP contribution >= 0.6 is 0 Å². The summed E-state index contributed by atoms with van der Waals surface area (Å²) in [6, 6.07) is 12.4. The van der Waals surface area contributed by atoms with Crippen LogP contribution in [0.2, 0.25) is 0 Å². The number of fused-ring (bicyclic) bond motifs is 1. The van der Waals surface area contributed by atoms with Crippen molar-refractivity contribution in [3.8, 4) is 17.2 Å². The zero-order valence-electron chi connectivity index (χ0n) is 17.3. The molecule has 1 saturated heterocycles. The van der Waals surface area contributed by atoms with Gasteiger partial charge < -0.3 is 23.8 Å². The van der Waals surface area contributed by atoms with Crippen molar-refractivity contribution >= 4 is 15.7 Å². The van der Waals surface area contributed by atoms with Crippen LogP contribution in [0.4, 0.5) is 5.69 Å². The van der Waals surface area contributed by atoms with Crippen LogP contribution in [0.5, 0.6) is 17.2 Å². The summed E-state index contributed by atoms with van der Waals surface area (Å²) >= 11 is 0. The minimum absolute atomic E-state index is 0.156. The van der Waals surface area contributed by atoms with Crippen molar-refractivity contribution in [1.29, 1.82) is 0 Å². The van der Waals surface area contributed by atoms with E-state index in [1.165, 1.54) is 30.7 Å². The molecule has 0 aromatic heterocycles. The molecule has 4 rings (SSSR count). The Kier molecular flexibility index (Phi) is 5.52. The van der Waals surface area contributed by atoms with Gasteiger partial charge in [0.1, 0.15) is 18.0 Å². The molecule has 1 spiro atoms. The number of likely N-dealkylation sites (N-methyl/N-ethyl adjacent to an activating group) is 1. The predicted molar refractivity (Wildman–Crippen MR) is 112 cm³/mol. The first-order chi connectivity index (χ1) is 14.4. The largest absolute Gasteiger partial charge is 0.493 e. The molecule has 1 fully saturated rings. The van der Waals surface area contributed by atoms with E-state index >= 15 is 0 Å². The molecule has 2 heterocycles.